The molecule has 0 radical (unpaired) electrons. The molecule has 5 nitrogen and oxygen atoms in total. The zero-order valence-electron chi connectivity index (χ0n) is 13.6. The fraction of sp³-hybridized carbons (Fsp3) is 0.556. The second-order valence-corrected chi connectivity index (χ2v) is 6.94. The van der Waals surface area contributed by atoms with Crippen LogP contribution in [0.25, 0.3) is 0 Å². The first-order valence-electron chi connectivity index (χ1n) is 8.58. The van der Waals surface area contributed by atoms with Crippen molar-refractivity contribution in [1.82, 2.24) is 20.4 Å². The maximum Gasteiger partial charge on any atom is 0.240 e. The van der Waals surface area contributed by atoms with Crippen LogP contribution in [0.15, 0.2) is 34.9 Å². The van der Waals surface area contributed by atoms with Gasteiger partial charge in [0.1, 0.15) is 0 Å². The predicted molar refractivity (Wildman–Crippen MR) is 88.0 cm³/mol. The van der Waals surface area contributed by atoms with Crippen molar-refractivity contribution in [3.8, 4) is 0 Å². The van der Waals surface area contributed by atoms with Gasteiger partial charge < -0.3 is 9.84 Å². The summed E-state index contributed by atoms with van der Waals surface area (Å²) in [6, 6.07) is 12.3. The van der Waals surface area contributed by atoms with E-state index in [9.17, 15) is 0 Å². The Hall–Kier alpha value is -1.72. The third-order valence-electron chi connectivity index (χ3n) is 5.17. The van der Waals surface area contributed by atoms with E-state index >= 15 is 0 Å². The van der Waals surface area contributed by atoms with E-state index in [0.29, 0.717) is 18.1 Å². The molecule has 0 saturated carbocycles. The highest BCUT2D eigenvalue weighted by Gasteiger charge is 2.35. The Morgan fingerprint density at radius 2 is 1.91 bits per heavy atom. The Kier molecular flexibility index (Phi) is 4.14. The molecular weight excluding hydrogens is 288 g/mol. The smallest absolute Gasteiger partial charge is 0.240 e. The molecule has 2 bridgehead atoms. The summed E-state index contributed by atoms with van der Waals surface area (Å²) < 4.78 is 5.45. The monoisotopic (exact) mass is 312 g/mol. The Morgan fingerprint density at radius 3 is 2.65 bits per heavy atom. The lowest BCUT2D eigenvalue weighted by Crippen LogP contribution is -2.46. The summed E-state index contributed by atoms with van der Waals surface area (Å²) in [4.78, 5) is 6.94. The fourth-order valence-electron chi connectivity index (χ4n) is 3.93. The van der Waals surface area contributed by atoms with E-state index in [1.54, 1.807) is 0 Å². The van der Waals surface area contributed by atoms with Gasteiger partial charge >= 0.3 is 0 Å². The molecule has 2 aliphatic rings. The van der Waals surface area contributed by atoms with Crippen molar-refractivity contribution in [2.24, 2.45) is 0 Å². The Balaban J connectivity index is 1.36. The number of fused-ring (bicyclic) bond motifs is 2. The lowest BCUT2D eigenvalue weighted by molar-refractivity contribution is 0.150. The van der Waals surface area contributed by atoms with Crippen molar-refractivity contribution in [3.05, 3.63) is 47.6 Å². The molecule has 2 aromatic rings. The van der Waals surface area contributed by atoms with Gasteiger partial charge in [0, 0.05) is 24.5 Å². The average Bonchev–Trinajstić information content (AvgIpc) is 3.14. The standard InChI is InChI=1S/C18H24N4O/c1-22(16-10-14-7-8-15(11-16)19-14)12-18-20-17(21-23-18)9-13-5-3-2-4-6-13/h2-6,14-16,19H,7-12H2,1H3. The van der Waals surface area contributed by atoms with Gasteiger partial charge in [-0.3, -0.25) is 4.90 Å². The number of aromatic nitrogens is 2. The second-order valence-electron chi connectivity index (χ2n) is 6.94. The molecule has 2 atom stereocenters. The average molecular weight is 312 g/mol. The van der Waals surface area contributed by atoms with Crippen LogP contribution in [0.1, 0.15) is 43.0 Å². The number of nitrogens with one attached hydrogen (secondary N) is 1. The summed E-state index contributed by atoms with van der Waals surface area (Å²) in [5.74, 6) is 1.49. The van der Waals surface area contributed by atoms with Crippen molar-refractivity contribution in [2.45, 2.75) is 56.8 Å². The van der Waals surface area contributed by atoms with E-state index < -0.39 is 0 Å². The van der Waals surface area contributed by atoms with Crippen molar-refractivity contribution in [3.63, 3.8) is 0 Å². The first-order chi connectivity index (χ1) is 11.3. The topological polar surface area (TPSA) is 54.2 Å². The first-order valence-corrected chi connectivity index (χ1v) is 8.58. The molecule has 3 heterocycles. The van der Waals surface area contributed by atoms with E-state index in [2.05, 4.69) is 39.5 Å². The van der Waals surface area contributed by atoms with Gasteiger partial charge in [-0.1, -0.05) is 35.5 Å². The minimum atomic E-state index is 0.623. The molecule has 2 unspecified atom stereocenters. The molecule has 2 aliphatic heterocycles. The van der Waals surface area contributed by atoms with Gasteiger partial charge in [0.05, 0.1) is 6.54 Å². The van der Waals surface area contributed by atoms with Crippen molar-refractivity contribution in [2.75, 3.05) is 7.05 Å². The largest absolute Gasteiger partial charge is 0.338 e. The van der Waals surface area contributed by atoms with E-state index in [1.165, 1.54) is 31.2 Å². The third kappa shape index (κ3) is 3.46. The molecule has 2 fully saturated rings. The zero-order chi connectivity index (χ0) is 15.6. The maximum atomic E-state index is 5.45. The van der Waals surface area contributed by atoms with Crippen LogP contribution in [0.3, 0.4) is 0 Å². The normalized spacial score (nSPS) is 26.8. The summed E-state index contributed by atoms with van der Waals surface area (Å²) in [6.45, 7) is 0.742. The van der Waals surface area contributed by atoms with Crippen LogP contribution in [-0.2, 0) is 13.0 Å². The summed E-state index contributed by atoms with van der Waals surface area (Å²) in [5, 5.41) is 7.82. The van der Waals surface area contributed by atoms with Gasteiger partial charge in [0.15, 0.2) is 5.82 Å². The Bertz CT molecular complexity index is 629. The number of piperidine rings is 1. The van der Waals surface area contributed by atoms with Crippen LogP contribution in [0, 0.1) is 0 Å². The molecule has 0 amide bonds. The molecule has 122 valence electrons. The predicted octanol–water partition coefficient (Wildman–Crippen LogP) is 2.38. The lowest BCUT2D eigenvalue weighted by atomic mass is 9.98. The maximum absolute atomic E-state index is 5.45. The minimum absolute atomic E-state index is 0.623. The van der Waals surface area contributed by atoms with Crippen molar-refractivity contribution < 1.29 is 4.52 Å². The van der Waals surface area contributed by atoms with Gasteiger partial charge in [0.25, 0.3) is 0 Å². The SMILES string of the molecule is CN(Cc1nc(Cc2ccccc2)no1)C1CC2CCC(C1)N2. The fourth-order valence-corrected chi connectivity index (χ4v) is 3.93. The van der Waals surface area contributed by atoms with Crippen LogP contribution in [0.4, 0.5) is 0 Å². The van der Waals surface area contributed by atoms with E-state index in [-0.39, 0.29) is 0 Å². The van der Waals surface area contributed by atoms with Crippen molar-refractivity contribution in [1.29, 1.82) is 0 Å². The molecule has 23 heavy (non-hydrogen) atoms. The van der Waals surface area contributed by atoms with Crippen LogP contribution >= 0.6 is 0 Å². The molecule has 1 aromatic carbocycles. The second kappa shape index (κ2) is 6.42. The van der Waals surface area contributed by atoms with Gasteiger partial charge in [-0.05, 0) is 38.3 Å². The molecule has 1 N–H and O–H groups in total. The Morgan fingerprint density at radius 1 is 1.17 bits per heavy atom. The van der Waals surface area contributed by atoms with Crippen LogP contribution in [-0.4, -0.2) is 40.2 Å². The zero-order valence-corrected chi connectivity index (χ0v) is 13.6. The molecule has 2 saturated heterocycles. The van der Waals surface area contributed by atoms with Crippen LogP contribution in [0.2, 0.25) is 0 Å². The Labute approximate surface area is 137 Å². The molecule has 1 aromatic heterocycles. The van der Waals surface area contributed by atoms with Gasteiger partial charge in [0.2, 0.25) is 5.89 Å². The number of nitrogens with zero attached hydrogens (tertiary/aromatic N) is 3. The first kappa shape index (κ1) is 14.8. The quantitative estimate of drug-likeness (QED) is 0.918. The number of rotatable bonds is 5. The summed E-state index contributed by atoms with van der Waals surface area (Å²) in [6.07, 6.45) is 5.86. The van der Waals surface area contributed by atoms with E-state index in [1.807, 2.05) is 18.2 Å². The number of hydrogen-bond donors (Lipinski definition) is 1. The molecule has 0 aliphatic carbocycles. The van der Waals surface area contributed by atoms with E-state index in [0.717, 1.165) is 24.7 Å². The van der Waals surface area contributed by atoms with E-state index in [4.69, 9.17) is 4.52 Å². The summed E-state index contributed by atoms with van der Waals surface area (Å²) in [7, 11) is 2.18. The van der Waals surface area contributed by atoms with Gasteiger partial charge in [-0.15, -0.1) is 0 Å². The highest BCUT2D eigenvalue weighted by Crippen LogP contribution is 2.29. The highest BCUT2D eigenvalue weighted by atomic mass is 16.5. The molecular formula is C18H24N4O. The lowest BCUT2D eigenvalue weighted by Gasteiger charge is -2.34. The van der Waals surface area contributed by atoms with Gasteiger partial charge in [-0.2, -0.15) is 4.98 Å². The van der Waals surface area contributed by atoms with Crippen LogP contribution < -0.4 is 5.32 Å². The molecule has 0 spiro atoms. The van der Waals surface area contributed by atoms with Gasteiger partial charge in [-0.25, -0.2) is 0 Å². The summed E-state index contributed by atoms with van der Waals surface area (Å²) in [5.41, 5.74) is 1.21. The number of benzene rings is 1. The summed E-state index contributed by atoms with van der Waals surface area (Å²) >= 11 is 0. The van der Waals surface area contributed by atoms with Crippen molar-refractivity contribution >= 4 is 0 Å². The number of hydrogen-bond acceptors (Lipinski definition) is 5. The molecule has 5 heteroatoms. The molecule has 4 rings (SSSR count). The van der Waals surface area contributed by atoms with Crippen LogP contribution in [0.5, 0.6) is 0 Å². The third-order valence-corrected chi connectivity index (χ3v) is 5.17. The minimum Gasteiger partial charge on any atom is -0.338 e. The highest BCUT2D eigenvalue weighted by molar-refractivity contribution is 5.18.